The zero-order chi connectivity index (χ0) is 17.0. The highest BCUT2D eigenvalue weighted by atomic mass is 16.5. The topological polar surface area (TPSA) is 47.5 Å². The molecule has 2 aromatic heterocycles. The fourth-order valence-corrected chi connectivity index (χ4v) is 4.01. The second-order valence-electron chi connectivity index (χ2n) is 7.11. The Morgan fingerprint density at radius 3 is 2.60 bits per heavy atom. The maximum atomic E-state index is 6.15. The Balaban J connectivity index is 1.22. The zero-order valence-electron chi connectivity index (χ0n) is 14.5. The molecule has 25 heavy (non-hydrogen) atoms. The third kappa shape index (κ3) is 3.89. The van der Waals surface area contributed by atoms with Crippen molar-refractivity contribution in [3.63, 3.8) is 0 Å². The van der Waals surface area contributed by atoms with E-state index in [1.807, 2.05) is 30.7 Å². The quantitative estimate of drug-likeness (QED) is 0.726. The van der Waals surface area contributed by atoms with E-state index in [-0.39, 0.29) is 5.60 Å². The molecule has 2 aliphatic rings. The molecular formula is C20H25N3O2. The maximum absolute atomic E-state index is 6.15. The molecule has 2 aliphatic heterocycles. The molecule has 0 aromatic carbocycles. The van der Waals surface area contributed by atoms with E-state index in [2.05, 4.69) is 27.0 Å². The summed E-state index contributed by atoms with van der Waals surface area (Å²) in [5.74, 6) is 0.603. The number of rotatable bonds is 7. The lowest BCUT2D eigenvalue weighted by molar-refractivity contribution is -0.139. The van der Waals surface area contributed by atoms with Crippen LogP contribution in [0.15, 0.2) is 49.1 Å². The van der Waals surface area contributed by atoms with Crippen LogP contribution in [0.25, 0.3) is 0 Å². The third-order valence-electron chi connectivity index (χ3n) is 5.31. The second kappa shape index (κ2) is 7.60. The summed E-state index contributed by atoms with van der Waals surface area (Å²) in [7, 11) is 0. The van der Waals surface area contributed by atoms with Gasteiger partial charge in [-0.05, 0) is 42.0 Å². The number of likely N-dealkylation sites (tertiary alicyclic amines) is 1. The summed E-state index contributed by atoms with van der Waals surface area (Å²) in [6.07, 6.45) is 9.64. The Hall–Kier alpha value is -1.82. The Labute approximate surface area is 149 Å². The number of nitrogens with zero attached hydrogens (tertiary/aromatic N) is 3. The largest absolute Gasteiger partial charge is 0.377 e. The van der Waals surface area contributed by atoms with Crippen LogP contribution in [0.3, 0.4) is 0 Å². The van der Waals surface area contributed by atoms with Crippen LogP contribution < -0.4 is 0 Å². The number of pyridine rings is 2. The molecule has 0 amide bonds. The molecule has 2 saturated heterocycles. The monoisotopic (exact) mass is 339 g/mol. The highest BCUT2D eigenvalue weighted by Crippen LogP contribution is 2.42. The summed E-state index contributed by atoms with van der Waals surface area (Å²) in [6.45, 7) is 5.32. The van der Waals surface area contributed by atoms with E-state index in [9.17, 15) is 0 Å². The van der Waals surface area contributed by atoms with E-state index in [0.29, 0.717) is 12.5 Å². The van der Waals surface area contributed by atoms with Crippen LogP contribution in [0, 0.1) is 5.92 Å². The van der Waals surface area contributed by atoms with E-state index in [0.717, 1.165) is 51.3 Å². The van der Waals surface area contributed by atoms with Gasteiger partial charge < -0.3 is 9.47 Å². The van der Waals surface area contributed by atoms with Crippen molar-refractivity contribution in [1.29, 1.82) is 0 Å². The van der Waals surface area contributed by atoms with E-state index in [1.165, 1.54) is 5.56 Å². The molecule has 0 radical (unpaired) electrons. The Morgan fingerprint density at radius 1 is 1.12 bits per heavy atom. The number of ether oxygens (including phenoxy) is 2. The van der Waals surface area contributed by atoms with E-state index in [1.54, 1.807) is 6.20 Å². The highest BCUT2D eigenvalue weighted by molar-refractivity contribution is 5.12. The Kier molecular flexibility index (Phi) is 5.06. The van der Waals surface area contributed by atoms with E-state index >= 15 is 0 Å². The first-order valence-corrected chi connectivity index (χ1v) is 9.06. The molecule has 0 bridgehead atoms. The van der Waals surface area contributed by atoms with Gasteiger partial charge in [0, 0.05) is 57.6 Å². The van der Waals surface area contributed by atoms with Gasteiger partial charge in [-0.25, -0.2) is 0 Å². The Morgan fingerprint density at radius 2 is 1.88 bits per heavy atom. The van der Waals surface area contributed by atoms with Gasteiger partial charge >= 0.3 is 0 Å². The van der Waals surface area contributed by atoms with Crippen molar-refractivity contribution in [3.8, 4) is 0 Å². The molecule has 1 unspecified atom stereocenters. The predicted molar refractivity (Wildman–Crippen MR) is 94.8 cm³/mol. The van der Waals surface area contributed by atoms with Gasteiger partial charge in [0.1, 0.15) is 0 Å². The normalized spacial score (nSPS) is 22.2. The van der Waals surface area contributed by atoms with Gasteiger partial charge in [-0.15, -0.1) is 0 Å². The summed E-state index contributed by atoms with van der Waals surface area (Å²) in [4.78, 5) is 10.8. The molecular weight excluding hydrogens is 314 g/mol. The minimum Gasteiger partial charge on any atom is -0.377 e. The third-order valence-corrected chi connectivity index (χ3v) is 5.31. The minimum absolute atomic E-state index is 0.0554. The van der Waals surface area contributed by atoms with Gasteiger partial charge in [-0.2, -0.15) is 0 Å². The Bertz CT molecular complexity index is 659. The van der Waals surface area contributed by atoms with Crippen molar-refractivity contribution in [2.75, 3.05) is 26.3 Å². The molecule has 5 nitrogen and oxygen atoms in total. The average Bonchev–Trinajstić information content (AvgIpc) is 3.04. The van der Waals surface area contributed by atoms with Crippen molar-refractivity contribution in [2.24, 2.45) is 5.92 Å². The van der Waals surface area contributed by atoms with Crippen molar-refractivity contribution in [2.45, 2.75) is 31.6 Å². The zero-order valence-corrected chi connectivity index (χ0v) is 14.5. The maximum Gasteiger partial charge on any atom is 0.0964 e. The van der Waals surface area contributed by atoms with Crippen LogP contribution in [0.2, 0.25) is 0 Å². The molecule has 0 N–H and O–H groups in total. The van der Waals surface area contributed by atoms with Crippen molar-refractivity contribution >= 4 is 0 Å². The first kappa shape index (κ1) is 16.6. The summed E-state index contributed by atoms with van der Waals surface area (Å²) in [6, 6.07) is 8.13. The van der Waals surface area contributed by atoms with Crippen molar-refractivity contribution < 1.29 is 9.47 Å². The molecule has 0 aliphatic carbocycles. The molecule has 4 heterocycles. The van der Waals surface area contributed by atoms with Gasteiger partial charge in [-0.3, -0.25) is 14.9 Å². The highest BCUT2D eigenvalue weighted by Gasteiger charge is 2.52. The minimum atomic E-state index is 0.0554. The lowest BCUT2D eigenvalue weighted by Crippen LogP contribution is -2.64. The summed E-state index contributed by atoms with van der Waals surface area (Å²) in [5, 5.41) is 0. The lowest BCUT2D eigenvalue weighted by atomic mass is 9.79. The van der Waals surface area contributed by atoms with Crippen LogP contribution in [0.5, 0.6) is 0 Å². The van der Waals surface area contributed by atoms with Gasteiger partial charge in [-0.1, -0.05) is 12.1 Å². The van der Waals surface area contributed by atoms with Crippen LogP contribution in [-0.4, -0.2) is 46.8 Å². The molecule has 2 fully saturated rings. The number of hydrogen-bond acceptors (Lipinski definition) is 5. The van der Waals surface area contributed by atoms with Gasteiger partial charge in [0.15, 0.2) is 0 Å². The molecule has 2 aromatic rings. The van der Waals surface area contributed by atoms with Crippen LogP contribution in [0.4, 0.5) is 0 Å². The smallest absolute Gasteiger partial charge is 0.0964 e. The molecule has 1 spiro atoms. The molecule has 5 heteroatoms. The van der Waals surface area contributed by atoms with E-state index < -0.39 is 0 Å². The van der Waals surface area contributed by atoms with Gasteiger partial charge in [0.2, 0.25) is 0 Å². The SMILES string of the molecule is c1cncc(COCCC2CCOC23CN(Cc2cccnc2)C3)c1. The molecule has 4 rings (SSSR count). The van der Waals surface area contributed by atoms with Crippen molar-refractivity contribution in [3.05, 3.63) is 60.2 Å². The predicted octanol–water partition coefficient (Wildman–Crippen LogP) is 2.67. The van der Waals surface area contributed by atoms with Crippen LogP contribution >= 0.6 is 0 Å². The fourth-order valence-electron chi connectivity index (χ4n) is 4.01. The molecule has 132 valence electrons. The van der Waals surface area contributed by atoms with Crippen LogP contribution in [0.1, 0.15) is 24.0 Å². The number of hydrogen-bond donors (Lipinski definition) is 0. The first-order chi connectivity index (χ1) is 12.3. The molecule has 1 atom stereocenters. The summed E-state index contributed by atoms with van der Waals surface area (Å²) < 4.78 is 12.0. The van der Waals surface area contributed by atoms with Gasteiger partial charge in [0.05, 0.1) is 12.2 Å². The number of aromatic nitrogens is 2. The van der Waals surface area contributed by atoms with Crippen molar-refractivity contribution in [1.82, 2.24) is 14.9 Å². The summed E-state index contributed by atoms with van der Waals surface area (Å²) >= 11 is 0. The standard InChI is InChI=1S/C20H25N3O2/c1-3-17(11-21-7-1)13-23-15-20(16-23)19(6-10-25-20)5-9-24-14-18-4-2-8-22-12-18/h1-4,7-8,11-12,19H,5-6,9-10,13-16H2. The lowest BCUT2D eigenvalue weighted by Gasteiger charge is -2.50. The summed E-state index contributed by atoms with van der Waals surface area (Å²) in [5.41, 5.74) is 2.46. The average molecular weight is 339 g/mol. The first-order valence-electron chi connectivity index (χ1n) is 9.06. The van der Waals surface area contributed by atoms with E-state index in [4.69, 9.17) is 9.47 Å². The van der Waals surface area contributed by atoms with Crippen LogP contribution in [-0.2, 0) is 22.6 Å². The second-order valence-corrected chi connectivity index (χ2v) is 7.11. The van der Waals surface area contributed by atoms with Gasteiger partial charge in [0.25, 0.3) is 0 Å². The molecule has 0 saturated carbocycles. The fraction of sp³-hybridized carbons (Fsp3) is 0.500.